The van der Waals surface area contributed by atoms with Crippen LogP contribution >= 0.6 is 0 Å². The average molecular weight is 315 g/mol. The zero-order chi connectivity index (χ0) is 16.8. The van der Waals surface area contributed by atoms with E-state index in [0.29, 0.717) is 5.56 Å². The molecule has 2 heteroatoms. The summed E-state index contributed by atoms with van der Waals surface area (Å²) in [6.45, 7) is 2.16. The first-order valence-corrected chi connectivity index (χ1v) is 8.19. The summed E-state index contributed by atoms with van der Waals surface area (Å²) in [5.74, 6) is 0. The number of hydrogen-bond donors (Lipinski definition) is 1. The van der Waals surface area contributed by atoms with Crippen molar-refractivity contribution in [3.8, 4) is 0 Å². The highest BCUT2D eigenvalue weighted by Crippen LogP contribution is 2.26. The minimum Gasteiger partial charge on any atom is -0.300 e. The molecule has 0 aromatic heterocycles. The van der Waals surface area contributed by atoms with E-state index in [4.69, 9.17) is 0 Å². The van der Waals surface area contributed by atoms with Crippen molar-refractivity contribution in [3.05, 3.63) is 107 Å². The van der Waals surface area contributed by atoms with E-state index in [-0.39, 0.29) is 12.1 Å². The summed E-state index contributed by atoms with van der Waals surface area (Å²) in [7, 11) is 0. The number of benzene rings is 3. The molecule has 0 aliphatic carbocycles. The maximum absolute atomic E-state index is 11.1. The Balaban J connectivity index is 1.95. The molecule has 0 saturated heterocycles. The predicted octanol–water partition coefficient (Wildman–Crippen LogP) is 4.94. The van der Waals surface area contributed by atoms with Gasteiger partial charge in [0.25, 0.3) is 0 Å². The smallest absolute Gasteiger partial charge is 0.150 e. The van der Waals surface area contributed by atoms with Crippen LogP contribution in [0.4, 0.5) is 0 Å². The maximum Gasteiger partial charge on any atom is 0.150 e. The summed E-state index contributed by atoms with van der Waals surface area (Å²) >= 11 is 0. The van der Waals surface area contributed by atoms with Gasteiger partial charge in [-0.15, -0.1) is 0 Å². The lowest BCUT2D eigenvalue weighted by Gasteiger charge is -2.25. The van der Waals surface area contributed by atoms with Crippen molar-refractivity contribution in [2.24, 2.45) is 0 Å². The van der Waals surface area contributed by atoms with Crippen molar-refractivity contribution in [2.45, 2.75) is 19.0 Å². The molecular formula is C22H21NO. The van der Waals surface area contributed by atoms with Crippen LogP contribution in [0.5, 0.6) is 0 Å². The van der Waals surface area contributed by atoms with E-state index in [1.165, 1.54) is 11.1 Å². The van der Waals surface area contributed by atoms with E-state index in [1.807, 2.05) is 42.5 Å². The summed E-state index contributed by atoms with van der Waals surface area (Å²) < 4.78 is 0. The Labute approximate surface area is 143 Å². The second-order valence-corrected chi connectivity index (χ2v) is 5.93. The van der Waals surface area contributed by atoms with Crippen LogP contribution in [-0.2, 0) is 0 Å². The van der Waals surface area contributed by atoms with Crippen molar-refractivity contribution in [3.63, 3.8) is 0 Å². The summed E-state index contributed by atoms with van der Waals surface area (Å²) in [6.07, 6.45) is 0.895. The molecule has 0 unspecified atom stereocenters. The van der Waals surface area contributed by atoms with Gasteiger partial charge < -0.3 is 0 Å². The van der Waals surface area contributed by atoms with Crippen molar-refractivity contribution >= 4 is 6.29 Å². The third kappa shape index (κ3) is 3.79. The predicted molar refractivity (Wildman–Crippen MR) is 98.1 cm³/mol. The van der Waals surface area contributed by atoms with Crippen LogP contribution < -0.4 is 5.32 Å². The summed E-state index contributed by atoms with van der Waals surface area (Å²) in [5.41, 5.74) is 4.21. The fourth-order valence-corrected chi connectivity index (χ4v) is 2.93. The van der Waals surface area contributed by atoms with Gasteiger partial charge in [-0.2, -0.15) is 0 Å². The van der Waals surface area contributed by atoms with Crippen LogP contribution in [0.1, 0.15) is 46.1 Å². The standard InChI is InChI=1S/C22H21NO/c1-17(19-10-4-2-5-11-19)23-22(20-12-6-3-7-13-20)21-14-8-9-18(15-21)16-24/h2-17,22-23H,1H3/t17-,22-/m1/s1. The molecule has 2 atom stereocenters. The highest BCUT2D eigenvalue weighted by molar-refractivity contribution is 5.75. The average Bonchev–Trinajstić information content (AvgIpc) is 2.67. The SMILES string of the molecule is C[C@@H](N[C@H](c1ccccc1)c1cccc(C=O)c1)c1ccccc1. The molecule has 0 aliphatic rings. The number of nitrogens with one attached hydrogen (secondary N) is 1. The summed E-state index contributed by atoms with van der Waals surface area (Å²) in [4.78, 5) is 11.1. The van der Waals surface area contributed by atoms with Crippen molar-refractivity contribution < 1.29 is 4.79 Å². The van der Waals surface area contributed by atoms with E-state index >= 15 is 0 Å². The van der Waals surface area contributed by atoms with Gasteiger partial charge in [-0.25, -0.2) is 0 Å². The Morgan fingerprint density at radius 3 is 1.96 bits per heavy atom. The van der Waals surface area contributed by atoms with Crippen molar-refractivity contribution in [1.29, 1.82) is 0 Å². The molecule has 0 heterocycles. The van der Waals surface area contributed by atoms with E-state index in [9.17, 15) is 4.79 Å². The van der Waals surface area contributed by atoms with Gasteiger partial charge in [-0.3, -0.25) is 10.1 Å². The first-order chi connectivity index (χ1) is 11.8. The van der Waals surface area contributed by atoms with E-state index in [2.05, 4.69) is 54.7 Å². The molecule has 0 aliphatic heterocycles. The molecule has 3 rings (SSSR count). The van der Waals surface area contributed by atoms with Crippen LogP contribution in [-0.4, -0.2) is 6.29 Å². The van der Waals surface area contributed by atoms with Gasteiger partial charge in [-0.1, -0.05) is 78.9 Å². The van der Waals surface area contributed by atoms with E-state index in [0.717, 1.165) is 11.8 Å². The van der Waals surface area contributed by atoms with Gasteiger partial charge in [0.2, 0.25) is 0 Å². The van der Waals surface area contributed by atoms with Gasteiger partial charge in [0.05, 0.1) is 6.04 Å². The molecule has 0 radical (unpaired) electrons. The summed E-state index contributed by atoms with van der Waals surface area (Å²) in [5, 5.41) is 3.70. The fourth-order valence-electron chi connectivity index (χ4n) is 2.93. The van der Waals surface area contributed by atoms with E-state index < -0.39 is 0 Å². The van der Waals surface area contributed by atoms with Crippen LogP contribution in [0.2, 0.25) is 0 Å². The molecular weight excluding hydrogens is 294 g/mol. The Morgan fingerprint density at radius 1 is 0.750 bits per heavy atom. The van der Waals surface area contributed by atoms with Crippen molar-refractivity contribution in [2.75, 3.05) is 0 Å². The summed E-state index contributed by atoms with van der Waals surface area (Å²) in [6, 6.07) is 28.7. The third-order valence-electron chi connectivity index (χ3n) is 4.23. The zero-order valence-corrected chi connectivity index (χ0v) is 13.7. The zero-order valence-electron chi connectivity index (χ0n) is 13.7. The molecule has 2 nitrogen and oxygen atoms in total. The highest BCUT2D eigenvalue weighted by atomic mass is 16.1. The van der Waals surface area contributed by atoms with Gasteiger partial charge in [-0.05, 0) is 29.7 Å². The van der Waals surface area contributed by atoms with Gasteiger partial charge in [0, 0.05) is 11.6 Å². The first-order valence-electron chi connectivity index (χ1n) is 8.19. The lowest BCUT2D eigenvalue weighted by atomic mass is 9.95. The highest BCUT2D eigenvalue weighted by Gasteiger charge is 2.17. The molecule has 24 heavy (non-hydrogen) atoms. The Hall–Kier alpha value is -2.71. The monoisotopic (exact) mass is 315 g/mol. The lowest BCUT2D eigenvalue weighted by molar-refractivity contribution is 0.112. The number of aldehydes is 1. The number of carbonyl (C=O) groups excluding carboxylic acids is 1. The Morgan fingerprint density at radius 2 is 1.33 bits per heavy atom. The van der Waals surface area contributed by atoms with Gasteiger partial charge >= 0.3 is 0 Å². The molecule has 3 aromatic rings. The number of carbonyl (C=O) groups is 1. The second-order valence-electron chi connectivity index (χ2n) is 5.93. The molecule has 0 fully saturated rings. The largest absolute Gasteiger partial charge is 0.300 e. The molecule has 0 spiro atoms. The van der Waals surface area contributed by atoms with Crippen LogP contribution in [0.3, 0.4) is 0 Å². The van der Waals surface area contributed by atoms with Crippen molar-refractivity contribution in [1.82, 2.24) is 5.32 Å². The quantitative estimate of drug-likeness (QED) is 0.653. The topological polar surface area (TPSA) is 29.1 Å². The molecule has 0 saturated carbocycles. The number of rotatable bonds is 6. The maximum atomic E-state index is 11.1. The minimum atomic E-state index is 0.0290. The molecule has 0 amide bonds. The second kappa shape index (κ2) is 7.71. The third-order valence-corrected chi connectivity index (χ3v) is 4.23. The fraction of sp³-hybridized carbons (Fsp3) is 0.136. The molecule has 0 bridgehead atoms. The molecule has 1 N–H and O–H groups in total. The normalized spacial score (nSPS) is 13.2. The van der Waals surface area contributed by atoms with E-state index in [1.54, 1.807) is 0 Å². The number of hydrogen-bond acceptors (Lipinski definition) is 2. The van der Waals surface area contributed by atoms with Crippen LogP contribution in [0, 0.1) is 0 Å². The van der Waals surface area contributed by atoms with Gasteiger partial charge in [0.15, 0.2) is 0 Å². The lowest BCUT2D eigenvalue weighted by Crippen LogP contribution is -2.25. The van der Waals surface area contributed by atoms with Crippen LogP contribution in [0.15, 0.2) is 84.9 Å². The van der Waals surface area contributed by atoms with Crippen LogP contribution in [0.25, 0.3) is 0 Å². The minimum absolute atomic E-state index is 0.0290. The first kappa shape index (κ1) is 16.2. The molecule has 120 valence electrons. The Bertz CT molecular complexity index is 783. The molecule has 3 aromatic carbocycles. The Kier molecular flexibility index (Phi) is 5.19. The van der Waals surface area contributed by atoms with Gasteiger partial charge in [0.1, 0.15) is 6.29 Å².